The first-order chi connectivity index (χ1) is 9.08. The van der Waals surface area contributed by atoms with E-state index < -0.39 is 0 Å². The molecule has 4 heteroatoms. The van der Waals surface area contributed by atoms with Crippen molar-refractivity contribution in [1.29, 1.82) is 0 Å². The van der Waals surface area contributed by atoms with Crippen LogP contribution >= 0.6 is 23.2 Å². The van der Waals surface area contributed by atoms with Crippen molar-refractivity contribution < 1.29 is 9.90 Å². The maximum Gasteiger partial charge on any atom is 0.185 e. The van der Waals surface area contributed by atoms with Gasteiger partial charge in [0.25, 0.3) is 0 Å². The summed E-state index contributed by atoms with van der Waals surface area (Å²) in [5, 5.41) is 10.3. The number of allylic oxidation sites excluding steroid dienone is 1. The first-order valence-corrected chi connectivity index (χ1v) is 6.29. The number of halogens is 2. The molecule has 0 saturated heterocycles. The van der Waals surface area contributed by atoms with E-state index in [2.05, 4.69) is 0 Å². The fraction of sp³-hybridized carbons (Fsp3) is 0. The molecule has 2 aromatic carbocycles. The quantitative estimate of drug-likeness (QED) is 0.663. The number of phenols is 1. The summed E-state index contributed by atoms with van der Waals surface area (Å²) in [4.78, 5) is 11.9. The Morgan fingerprint density at radius 2 is 1.68 bits per heavy atom. The van der Waals surface area contributed by atoms with Gasteiger partial charge in [-0.1, -0.05) is 41.4 Å². The van der Waals surface area contributed by atoms with Gasteiger partial charge in [0.15, 0.2) is 5.78 Å². The van der Waals surface area contributed by atoms with Gasteiger partial charge in [0.2, 0.25) is 0 Å². The molecule has 0 bridgehead atoms. The van der Waals surface area contributed by atoms with E-state index in [1.807, 2.05) is 0 Å². The van der Waals surface area contributed by atoms with Crippen molar-refractivity contribution in [1.82, 2.24) is 0 Å². The molecule has 0 aliphatic heterocycles. The highest BCUT2D eigenvalue weighted by molar-refractivity contribution is 6.37. The van der Waals surface area contributed by atoms with Gasteiger partial charge < -0.3 is 5.11 Å². The average molecular weight is 293 g/mol. The minimum atomic E-state index is -0.230. The van der Waals surface area contributed by atoms with Gasteiger partial charge in [0, 0.05) is 21.2 Å². The normalized spacial score (nSPS) is 10.8. The smallest absolute Gasteiger partial charge is 0.185 e. The third kappa shape index (κ3) is 3.37. The van der Waals surface area contributed by atoms with Crippen molar-refractivity contribution in [2.75, 3.05) is 0 Å². The fourth-order valence-corrected chi connectivity index (χ4v) is 2.11. The Labute approximate surface area is 120 Å². The minimum Gasteiger partial charge on any atom is -0.508 e. The fourth-order valence-electron chi connectivity index (χ4n) is 1.58. The van der Waals surface area contributed by atoms with Crippen LogP contribution in [0.2, 0.25) is 10.0 Å². The van der Waals surface area contributed by atoms with Crippen LogP contribution in [0.3, 0.4) is 0 Å². The number of hydrogen-bond acceptors (Lipinski definition) is 2. The van der Waals surface area contributed by atoms with Crippen LogP contribution < -0.4 is 0 Å². The topological polar surface area (TPSA) is 37.3 Å². The van der Waals surface area contributed by atoms with Crippen molar-refractivity contribution in [3.05, 3.63) is 69.7 Å². The maximum absolute atomic E-state index is 11.9. The molecule has 0 unspecified atom stereocenters. The molecule has 0 radical (unpaired) electrons. The summed E-state index contributed by atoms with van der Waals surface area (Å²) < 4.78 is 0. The SMILES string of the molecule is O=C(C=Cc1c(Cl)cccc1Cl)c1cccc(O)c1. The van der Waals surface area contributed by atoms with E-state index in [1.54, 1.807) is 36.4 Å². The molecule has 0 amide bonds. The number of carbonyl (C=O) groups excluding carboxylic acids is 1. The van der Waals surface area contributed by atoms with Crippen molar-refractivity contribution in [2.45, 2.75) is 0 Å². The standard InChI is InChI=1S/C15H10Cl2O2/c16-13-5-2-6-14(17)12(13)7-8-15(19)10-3-1-4-11(18)9-10/h1-9,18H. The van der Waals surface area contributed by atoms with E-state index in [0.717, 1.165) is 0 Å². The van der Waals surface area contributed by atoms with Crippen molar-refractivity contribution in [3.63, 3.8) is 0 Å². The molecule has 2 rings (SSSR count). The van der Waals surface area contributed by atoms with Crippen molar-refractivity contribution >= 4 is 35.1 Å². The summed E-state index contributed by atoms with van der Waals surface area (Å²) in [5.41, 5.74) is 0.999. The van der Waals surface area contributed by atoms with E-state index in [1.165, 1.54) is 18.2 Å². The van der Waals surface area contributed by atoms with E-state index >= 15 is 0 Å². The number of rotatable bonds is 3. The molecular weight excluding hydrogens is 283 g/mol. The zero-order chi connectivity index (χ0) is 13.8. The highest BCUT2D eigenvalue weighted by atomic mass is 35.5. The molecule has 0 saturated carbocycles. The number of aromatic hydroxyl groups is 1. The monoisotopic (exact) mass is 292 g/mol. The second kappa shape index (κ2) is 5.91. The van der Waals surface area contributed by atoms with Gasteiger partial charge in [0.1, 0.15) is 5.75 Å². The number of benzene rings is 2. The van der Waals surface area contributed by atoms with Gasteiger partial charge >= 0.3 is 0 Å². The summed E-state index contributed by atoms with van der Waals surface area (Å²) in [6.07, 6.45) is 2.94. The Bertz CT molecular complexity index is 628. The molecule has 0 spiro atoms. The lowest BCUT2D eigenvalue weighted by Gasteiger charge is -2.01. The summed E-state index contributed by atoms with van der Waals surface area (Å²) in [5.74, 6) is -0.179. The number of carbonyl (C=O) groups is 1. The lowest BCUT2D eigenvalue weighted by molar-refractivity contribution is 0.104. The van der Waals surface area contributed by atoms with Crippen LogP contribution in [-0.2, 0) is 0 Å². The molecule has 0 fully saturated rings. The van der Waals surface area contributed by atoms with E-state index in [-0.39, 0.29) is 11.5 Å². The Morgan fingerprint density at radius 1 is 1.05 bits per heavy atom. The molecule has 19 heavy (non-hydrogen) atoms. The van der Waals surface area contributed by atoms with Crippen LogP contribution in [0.4, 0.5) is 0 Å². The molecule has 2 aromatic rings. The molecule has 0 atom stereocenters. The third-order valence-electron chi connectivity index (χ3n) is 2.53. The summed E-state index contributed by atoms with van der Waals surface area (Å²) in [6, 6.07) is 11.3. The molecule has 0 aromatic heterocycles. The highest BCUT2D eigenvalue weighted by Crippen LogP contribution is 2.25. The second-order valence-electron chi connectivity index (χ2n) is 3.88. The van der Waals surface area contributed by atoms with Crippen molar-refractivity contribution in [3.8, 4) is 5.75 Å². The van der Waals surface area contributed by atoms with Crippen LogP contribution in [0.1, 0.15) is 15.9 Å². The zero-order valence-corrected chi connectivity index (χ0v) is 11.3. The first kappa shape index (κ1) is 13.7. The van der Waals surface area contributed by atoms with Gasteiger partial charge in [-0.2, -0.15) is 0 Å². The van der Waals surface area contributed by atoms with E-state index in [0.29, 0.717) is 21.2 Å². The summed E-state index contributed by atoms with van der Waals surface area (Å²) in [6.45, 7) is 0. The van der Waals surface area contributed by atoms with Crippen molar-refractivity contribution in [2.24, 2.45) is 0 Å². The number of hydrogen-bond donors (Lipinski definition) is 1. The van der Waals surface area contributed by atoms with Crippen LogP contribution in [0.15, 0.2) is 48.5 Å². The Balaban J connectivity index is 2.26. The minimum absolute atomic E-state index is 0.0509. The average Bonchev–Trinajstić information content (AvgIpc) is 2.38. The van der Waals surface area contributed by atoms with E-state index in [9.17, 15) is 9.90 Å². The van der Waals surface area contributed by atoms with Gasteiger partial charge in [-0.25, -0.2) is 0 Å². The third-order valence-corrected chi connectivity index (χ3v) is 3.19. The zero-order valence-electron chi connectivity index (χ0n) is 9.81. The predicted molar refractivity (Wildman–Crippen MR) is 77.9 cm³/mol. The van der Waals surface area contributed by atoms with Crippen LogP contribution in [0.5, 0.6) is 5.75 Å². The predicted octanol–water partition coefficient (Wildman–Crippen LogP) is 4.60. The number of ketones is 1. The van der Waals surface area contributed by atoms with Gasteiger partial charge in [0.05, 0.1) is 0 Å². The molecule has 0 heterocycles. The van der Waals surface area contributed by atoms with Gasteiger partial charge in [-0.3, -0.25) is 4.79 Å². The molecule has 0 aliphatic rings. The van der Waals surface area contributed by atoms with E-state index in [4.69, 9.17) is 23.2 Å². The maximum atomic E-state index is 11.9. The Kier molecular flexibility index (Phi) is 4.25. The summed E-state index contributed by atoms with van der Waals surface area (Å²) in [7, 11) is 0. The first-order valence-electron chi connectivity index (χ1n) is 5.53. The Morgan fingerprint density at radius 3 is 2.32 bits per heavy atom. The molecular formula is C15H10Cl2O2. The van der Waals surface area contributed by atoms with Gasteiger partial charge in [-0.15, -0.1) is 0 Å². The molecule has 0 aliphatic carbocycles. The largest absolute Gasteiger partial charge is 0.508 e. The molecule has 1 N–H and O–H groups in total. The van der Waals surface area contributed by atoms with Crippen LogP contribution in [0, 0.1) is 0 Å². The summed E-state index contributed by atoms with van der Waals surface area (Å²) >= 11 is 12.0. The van der Waals surface area contributed by atoms with Gasteiger partial charge in [-0.05, 0) is 36.4 Å². The molecule has 96 valence electrons. The second-order valence-corrected chi connectivity index (χ2v) is 4.70. The number of phenolic OH excluding ortho intramolecular Hbond substituents is 1. The lowest BCUT2D eigenvalue weighted by atomic mass is 10.1. The Hall–Kier alpha value is -1.77. The highest BCUT2D eigenvalue weighted by Gasteiger charge is 2.05. The molecule has 2 nitrogen and oxygen atoms in total. The van der Waals surface area contributed by atoms with Crippen LogP contribution in [-0.4, -0.2) is 10.9 Å². The lowest BCUT2D eigenvalue weighted by Crippen LogP contribution is -1.93. The van der Waals surface area contributed by atoms with Crippen LogP contribution in [0.25, 0.3) is 6.08 Å².